The highest BCUT2D eigenvalue weighted by atomic mass is 79.9. The third-order valence-electron chi connectivity index (χ3n) is 2.25. The predicted octanol–water partition coefficient (Wildman–Crippen LogP) is 2.84. The van der Waals surface area contributed by atoms with Crippen LogP contribution in [0.15, 0.2) is 22.7 Å². The van der Waals surface area contributed by atoms with E-state index in [0.717, 1.165) is 16.5 Å². The van der Waals surface area contributed by atoms with Gasteiger partial charge >= 0.3 is 0 Å². The zero-order valence-electron chi connectivity index (χ0n) is 8.00. The Hall–Kier alpha value is -0.0900. The number of hydrogen-bond donors (Lipinski definition) is 2. The summed E-state index contributed by atoms with van der Waals surface area (Å²) in [5.74, 6) is 0. The van der Waals surface area contributed by atoms with Crippen molar-refractivity contribution in [3.05, 3.63) is 33.3 Å². The maximum atomic E-state index is 6.06. The highest BCUT2D eigenvalue weighted by molar-refractivity contribution is 9.10. The normalized spacial score (nSPS) is 15.2. The number of nitrogens with two attached hydrogens (primary N) is 2. The molecule has 4 heteroatoms. The van der Waals surface area contributed by atoms with Gasteiger partial charge in [0, 0.05) is 21.6 Å². The lowest BCUT2D eigenvalue weighted by molar-refractivity contribution is 0.532. The van der Waals surface area contributed by atoms with Crippen LogP contribution in [0.5, 0.6) is 0 Å². The number of halogens is 2. The minimum atomic E-state index is -0.194. The van der Waals surface area contributed by atoms with Crippen molar-refractivity contribution in [2.75, 3.05) is 0 Å². The molecule has 0 radical (unpaired) electrons. The van der Waals surface area contributed by atoms with Gasteiger partial charge in [0.2, 0.25) is 0 Å². The SMILES string of the molecule is CCC(N)C(N)c1ccc(Br)cc1Cl. The lowest BCUT2D eigenvalue weighted by Crippen LogP contribution is -2.33. The van der Waals surface area contributed by atoms with Gasteiger partial charge in [0.15, 0.2) is 0 Å². The third-order valence-corrected chi connectivity index (χ3v) is 3.07. The van der Waals surface area contributed by atoms with E-state index in [0.29, 0.717) is 5.02 Å². The molecule has 14 heavy (non-hydrogen) atoms. The fourth-order valence-corrected chi connectivity index (χ4v) is 2.06. The van der Waals surface area contributed by atoms with E-state index < -0.39 is 0 Å². The summed E-state index contributed by atoms with van der Waals surface area (Å²) in [4.78, 5) is 0. The Kier molecular flexibility index (Phi) is 4.38. The van der Waals surface area contributed by atoms with Gasteiger partial charge in [0.1, 0.15) is 0 Å². The molecule has 1 aromatic rings. The molecule has 0 bridgehead atoms. The van der Waals surface area contributed by atoms with Crippen LogP contribution >= 0.6 is 27.5 Å². The molecule has 0 aliphatic rings. The van der Waals surface area contributed by atoms with E-state index in [1.165, 1.54) is 0 Å². The summed E-state index contributed by atoms with van der Waals surface area (Å²) in [6, 6.07) is 5.42. The zero-order chi connectivity index (χ0) is 10.7. The minimum Gasteiger partial charge on any atom is -0.326 e. The maximum Gasteiger partial charge on any atom is 0.0465 e. The van der Waals surface area contributed by atoms with Crippen LogP contribution in [-0.2, 0) is 0 Å². The van der Waals surface area contributed by atoms with Crippen molar-refractivity contribution in [1.82, 2.24) is 0 Å². The van der Waals surface area contributed by atoms with Gasteiger partial charge in [-0.3, -0.25) is 0 Å². The zero-order valence-corrected chi connectivity index (χ0v) is 10.3. The first kappa shape index (κ1) is 12.0. The van der Waals surface area contributed by atoms with Crippen LogP contribution in [0.2, 0.25) is 5.02 Å². The van der Waals surface area contributed by atoms with Crippen LogP contribution in [0, 0.1) is 0 Å². The third kappa shape index (κ3) is 2.70. The van der Waals surface area contributed by atoms with Crippen LogP contribution in [-0.4, -0.2) is 6.04 Å². The summed E-state index contributed by atoms with van der Waals surface area (Å²) in [7, 11) is 0. The molecular formula is C10H14BrClN2. The molecule has 0 amide bonds. The minimum absolute atomic E-state index is 0.0475. The van der Waals surface area contributed by atoms with Gasteiger partial charge in [-0.05, 0) is 24.1 Å². The molecule has 0 aliphatic carbocycles. The first-order chi connectivity index (χ1) is 6.56. The van der Waals surface area contributed by atoms with E-state index in [9.17, 15) is 0 Å². The van der Waals surface area contributed by atoms with E-state index in [4.69, 9.17) is 23.1 Å². The Morgan fingerprint density at radius 3 is 2.57 bits per heavy atom. The van der Waals surface area contributed by atoms with Crippen LogP contribution in [0.3, 0.4) is 0 Å². The molecule has 0 aromatic heterocycles. The van der Waals surface area contributed by atoms with Gasteiger partial charge in [-0.2, -0.15) is 0 Å². The second-order valence-corrected chi connectivity index (χ2v) is 4.59. The summed E-state index contributed by atoms with van der Waals surface area (Å²) < 4.78 is 0.948. The van der Waals surface area contributed by atoms with E-state index in [2.05, 4.69) is 15.9 Å². The van der Waals surface area contributed by atoms with Gasteiger partial charge in [0.05, 0.1) is 0 Å². The molecule has 2 unspecified atom stereocenters. The Balaban J connectivity index is 2.95. The molecule has 0 heterocycles. The largest absolute Gasteiger partial charge is 0.326 e. The molecule has 0 saturated heterocycles. The van der Waals surface area contributed by atoms with Gasteiger partial charge in [0.25, 0.3) is 0 Å². The Labute approximate surface area is 97.7 Å². The Morgan fingerprint density at radius 2 is 2.07 bits per heavy atom. The summed E-state index contributed by atoms with van der Waals surface area (Å²) in [5.41, 5.74) is 12.7. The highest BCUT2D eigenvalue weighted by Gasteiger charge is 2.16. The molecule has 1 aromatic carbocycles. The summed E-state index contributed by atoms with van der Waals surface area (Å²) in [5, 5.41) is 0.663. The van der Waals surface area contributed by atoms with Crippen LogP contribution in [0.25, 0.3) is 0 Å². The fourth-order valence-electron chi connectivity index (χ4n) is 1.26. The van der Waals surface area contributed by atoms with Gasteiger partial charge in [-0.1, -0.05) is 40.5 Å². The first-order valence-electron chi connectivity index (χ1n) is 4.52. The molecule has 4 N–H and O–H groups in total. The van der Waals surface area contributed by atoms with E-state index in [1.54, 1.807) is 0 Å². The van der Waals surface area contributed by atoms with Crippen molar-refractivity contribution < 1.29 is 0 Å². The van der Waals surface area contributed by atoms with Crippen molar-refractivity contribution >= 4 is 27.5 Å². The van der Waals surface area contributed by atoms with E-state index >= 15 is 0 Å². The maximum absolute atomic E-state index is 6.06. The summed E-state index contributed by atoms with van der Waals surface area (Å²) >= 11 is 9.40. The van der Waals surface area contributed by atoms with Crippen LogP contribution < -0.4 is 11.5 Å². The van der Waals surface area contributed by atoms with Gasteiger partial charge < -0.3 is 11.5 Å². The van der Waals surface area contributed by atoms with E-state index in [1.807, 2.05) is 25.1 Å². The predicted molar refractivity (Wildman–Crippen MR) is 64.3 cm³/mol. The smallest absolute Gasteiger partial charge is 0.0465 e. The Morgan fingerprint density at radius 1 is 1.43 bits per heavy atom. The van der Waals surface area contributed by atoms with Crippen molar-refractivity contribution in [2.24, 2.45) is 11.5 Å². The van der Waals surface area contributed by atoms with E-state index in [-0.39, 0.29) is 12.1 Å². The van der Waals surface area contributed by atoms with Crippen LogP contribution in [0.4, 0.5) is 0 Å². The van der Waals surface area contributed by atoms with Crippen molar-refractivity contribution in [2.45, 2.75) is 25.4 Å². The van der Waals surface area contributed by atoms with Gasteiger partial charge in [-0.15, -0.1) is 0 Å². The topological polar surface area (TPSA) is 52.0 Å². The molecule has 2 nitrogen and oxygen atoms in total. The molecule has 78 valence electrons. The number of rotatable bonds is 3. The summed E-state index contributed by atoms with van der Waals surface area (Å²) in [6.07, 6.45) is 0.841. The molecule has 0 aliphatic heterocycles. The molecule has 0 saturated carbocycles. The molecule has 2 atom stereocenters. The number of benzene rings is 1. The average Bonchev–Trinajstić information content (AvgIpc) is 2.15. The standard InChI is InChI=1S/C10H14BrClN2/c1-2-9(13)10(14)7-4-3-6(11)5-8(7)12/h3-5,9-10H,2,13-14H2,1H3. The fraction of sp³-hybridized carbons (Fsp3) is 0.400. The van der Waals surface area contributed by atoms with Gasteiger partial charge in [-0.25, -0.2) is 0 Å². The average molecular weight is 278 g/mol. The number of hydrogen-bond acceptors (Lipinski definition) is 2. The highest BCUT2D eigenvalue weighted by Crippen LogP contribution is 2.27. The molecule has 0 fully saturated rings. The lowest BCUT2D eigenvalue weighted by atomic mass is 9.99. The van der Waals surface area contributed by atoms with Crippen molar-refractivity contribution in [1.29, 1.82) is 0 Å². The monoisotopic (exact) mass is 276 g/mol. The van der Waals surface area contributed by atoms with Crippen molar-refractivity contribution in [3.63, 3.8) is 0 Å². The molecule has 1 rings (SSSR count). The molecule has 0 spiro atoms. The Bertz CT molecular complexity index is 317. The second-order valence-electron chi connectivity index (χ2n) is 3.26. The summed E-state index contributed by atoms with van der Waals surface area (Å²) in [6.45, 7) is 2.01. The van der Waals surface area contributed by atoms with Crippen LogP contribution in [0.1, 0.15) is 24.9 Å². The quantitative estimate of drug-likeness (QED) is 0.892. The molecular weight excluding hydrogens is 263 g/mol. The lowest BCUT2D eigenvalue weighted by Gasteiger charge is -2.19. The first-order valence-corrected chi connectivity index (χ1v) is 5.69. The second kappa shape index (κ2) is 5.12. The van der Waals surface area contributed by atoms with Crippen molar-refractivity contribution in [3.8, 4) is 0 Å².